The average Bonchev–Trinajstić information content (AvgIpc) is 2.43. The maximum Gasteiger partial charge on any atom is 0.320 e. The van der Waals surface area contributed by atoms with Crippen LogP contribution in [-0.2, 0) is 4.79 Å². The highest BCUT2D eigenvalue weighted by Crippen LogP contribution is 2.39. The Balaban J connectivity index is 3.19. The summed E-state index contributed by atoms with van der Waals surface area (Å²) in [6.45, 7) is 1.91. The van der Waals surface area contributed by atoms with Crippen LogP contribution in [0.2, 0.25) is 0 Å². The van der Waals surface area contributed by atoms with Gasteiger partial charge in [-0.3, -0.25) is 25.0 Å². The van der Waals surface area contributed by atoms with Crippen molar-refractivity contribution in [3.05, 3.63) is 32.4 Å². The highest BCUT2D eigenvalue weighted by atomic mass is 16.6. The number of nitrogens with zero attached hydrogens (tertiary/aromatic N) is 2. The van der Waals surface area contributed by atoms with E-state index >= 15 is 0 Å². The summed E-state index contributed by atoms with van der Waals surface area (Å²) in [6.07, 6.45) is 1.71. The summed E-state index contributed by atoms with van der Waals surface area (Å²) in [5, 5.41) is 24.3. The summed E-state index contributed by atoms with van der Waals surface area (Å²) in [7, 11) is 1.11. The number of methoxy groups -OCH3 is 1. The quantitative estimate of drug-likeness (QED) is 0.609. The molecule has 1 amide bonds. The third-order valence-corrected chi connectivity index (χ3v) is 2.69. The summed E-state index contributed by atoms with van der Waals surface area (Å²) in [6, 6.07) is 2.07. The van der Waals surface area contributed by atoms with Gasteiger partial charge in [0.15, 0.2) is 0 Å². The van der Waals surface area contributed by atoms with Crippen molar-refractivity contribution in [2.75, 3.05) is 12.4 Å². The number of amides is 1. The summed E-state index contributed by atoms with van der Waals surface area (Å²) < 4.78 is 4.73. The molecular weight excluding hydrogens is 282 g/mol. The fraction of sp³-hybridized carbons (Fsp3) is 0.417. The van der Waals surface area contributed by atoms with E-state index in [1.807, 2.05) is 6.92 Å². The summed E-state index contributed by atoms with van der Waals surface area (Å²) in [5.74, 6) is -0.804. The van der Waals surface area contributed by atoms with E-state index in [9.17, 15) is 25.0 Å². The molecule has 0 atom stereocenters. The van der Waals surface area contributed by atoms with E-state index in [1.54, 1.807) is 0 Å². The van der Waals surface area contributed by atoms with Crippen molar-refractivity contribution in [2.45, 2.75) is 26.2 Å². The van der Waals surface area contributed by atoms with Gasteiger partial charge in [0.25, 0.3) is 5.75 Å². The van der Waals surface area contributed by atoms with E-state index in [-0.39, 0.29) is 18.0 Å². The van der Waals surface area contributed by atoms with Crippen LogP contribution in [0.4, 0.5) is 17.1 Å². The largest absolute Gasteiger partial charge is 0.485 e. The number of nitrogens with one attached hydrogen (secondary N) is 1. The number of ether oxygens (including phenoxy) is 1. The molecule has 9 nitrogen and oxygen atoms in total. The van der Waals surface area contributed by atoms with Crippen LogP contribution in [0.1, 0.15) is 26.2 Å². The monoisotopic (exact) mass is 297 g/mol. The Morgan fingerprint density at radius 3 is 2.14 bits per heavy atom. The first kappa shape index (κ1) is 16.3. The molecule has 0 heterocycles. The molecule has 0 spiro atoms. The maximum atomic E-state index is 11.6. The van der Waals surface area contributed by atoms with Gasteiger partial charge >= 0.3 is 11.4 Å². The van der Waals surface area contributed by atoms with Crippen LogP contribution in [-0.4, -0.2) is 22.9 Å². The molecule has 0 aliphatic heterocycles. The molecule has 0 aliphatic rings. The molecule has 1 aromatic rings. The van der Waals surface area contributed by atoms with E-state index < -0.39 is 27.0 Å². The van der Waals surface area contributed by atoms with Crippen LogP contribution in [0.3, 0.4) is 0 Å². The predicted octanol–water partition coefficient (Wildman–Crippen LogP) is 2.64. The van der Waals surface area contributed by atoms with Gasteiger partial charge < -0.3 is 10.1 Å². The van der Waals surface area contributed by atoms with Crippen LogP contribution < -0.4 is 10.1 Å². The van der Waals surface area contributed by atoms with Gasteiger partial charge in [0, 0.05) is 18.6 Å². The van der Waals surface area contributed by atoms with Gasteiger partial charge in [0.05, 0.1) is 22.6 Å². The first-order valence-electron chi connectivity index (χ1n) is 6.21. The number of rotatable bonds is 7. The molecular formula is C12H15N3O6. The van der Waals surface area contributed by atoms with Crippen molar-refractivity contribution in [1.29, 1.82) is 0 Å². The number of hydrogen-bond acceptors (Lipinski definition) is 6. The lowest BCUT2D eigenvalue weighted by Gasteiger charge is -2.07. The van der Waals surface area contributed by atoms with Gasteiger partial charge in [-0.1, -0.05) is 13.3 Å². The minimum Gasteiger partial charge on any atom is -0.485 e. The maximum absolute atomic E-state index is 11.6. The predicted molar refractivity (Wildman–Crippen MR) is 74.5 cm³/mol. The van der Waals surface area contributed by atoms with Crippen molar-refractivity contribution in [2.24, 2.45) is 0 Å². The van der Waals surface area contributed by atoms with Gasteiger partial charge in [0.2, 0.25) is 5.91 Å². The topological polar surface area (TPSA) is 125 Å². The molecule has 0 bridgehead atoms. The van der Waals surface area contributed by atoms with E-state index in [0.717, 1.165) is 25.7 Å². The standard InChI is InChI=1S/C12H15N3O6/c1-3-4-5-11(16)13-8-6-9(14(17)18)12(21-2)10(7-8)15(19)20/h6-7H,3-5H2,1-2H3,(H,13,16). The lowest BCUT2D eigenvalue weighted by molar-refractivity contribution is -0.395. The number of benzene rings is 1. The number of carbonyl (C=O) groups is 1. The third-order valence-electron chi connectivity index (χ3n) is 2.69. The van der Waals surface area contributed by atoms with Crippen LogP contribution in [0.25, 0.3) is 0 Å². The highest BCUT2D eigenvalue weighted by Gasteiger charge is 2.28. The number of nitro benzene ring substituents is 2. The zero-order chi connectivity index (χ0) is 16.0. The summed E-state index contributed by atoms with van der Waals surface area (Å²) in [5.41, 5.74) is -1.15. The Kier molecular flexibility index (Phi) is 5.58. The summed E-state index contributed by atoms with van der Waals surface area (Å²) >= 11 is 0. The molecule has 1 N–H and O–H groups in total. The normalized spacial score (nSPS) is 10.0. The van der Waals surface area contributed by atoms with Gasteiger partial charge in [0.1, 0.15) is 0 Å². The Morgan fingerprint density at radius 2 is 1.76 bits per heavy atom. The number of carbonyl (C=O) groups excluding carboxylic acids is 1. The van der Waals surface area contributed by atoms with Crippen molar-refractivity contribution in [3.63, 3.8) is 0 Å². The van der Waals surface area contributed by atoms with Crippen molar-refractivity contribution in [3.8, 4) is 5.75 Å². The fourth-order valence-electron chi connectivity index (χ4n) is 1.71. The molecule has 1 aromatic carbocycles. The van der Waals surface area contributed by atoms with Gasteiger partial charge in [-0.05, 0) is 6.42 Å². The van der Waals surface area contributed by atoms with E-state index in [0.29, 0.717) is 6.42 Å². The summed E-state index contributed by atoms with van der Waals surface area (Å²) in [4.78, 5) is 31.9. The van der Waals surface area contributed by atoms with Crippen molar-refractivity contribution in [1.82, 2.24) is 0 Å². The molecule has 114 valence electrons. The first-order chi connectivity index (χ1) is 9.90. The Hall–Kier alpha value is -2.71. The number of hydrogen-bond donors (Lipinski definition) is 1. The Bertz CT molecular complexity index is 537. The lowest BCUT2D eigenvalue weighted by atomic mass is 10.2. The molecule has 21 heavy (non-hydrogen) atoms. The minimum absolute atomic E-state index is 0.00435. The van der Waals surface area contributed by atoms with Crippen LogP contribution in [0.15, 0.2) is 12.1 Å². The molecule has 0 unspecified atom stereocenters. The molecule has 1 rings (SSSR count). The van der Waals surface area contributed by atoms with Gasteiger partial charge in [-0.15, -0.1) is 0 Å². The number of anilines is 1. The highest BCUT2D eigenvalue weighted by molar-refractivity contribution is 5.92. The molecule has 0 radical (unpaired) electrons. The van der Waals surface area contributed by atoms with Crippen molar-refractivity contribution < 1.29 is 19.4 Å². The molecule has 9 heteroatoms. The second-order valence-corrected chi connectivity index (χ2v) is 4.21. The second-order valence-electron chi connectivity index (χ2n) is 4.21. The van der Waals surface area contributed by atoms with Crippen LogP contribution >= 0.6 is 0 Å². The number of unbranched alkanes of at least 4 members (excludes halogenated alkanes) is 1. The zero-order valence-electron chi connectivity index (χ0n) is 11.6. The Morgan fingerprint density at radius 1 is 1.24 bits per heavy atom. The SMILES string of the molecule is CCCCC(=O)Nc1cc([N+](=O)[O-])c(OC)c([N+](=O)[O-])c1. The average molecular weight is 297 g/mol. The molecule has 0 saturated carbocycles. The molecule has 0 aromatic heterocycles. The third kappa shape index (κ3) is 4.13. The smallest absolute Gasteiger partial charge is 0.320 e. The van der Waals surface area contributed by atoms with Gasteiger partial charge in [-0.25, -0.2) is 0 Å². The van der Waals surface area contributed by atoms with E-state index in [4.69, 9.17) is 4.74 Å². The second kappa shape index (κ2) is 7.17. The van der Waals surface area contributed by atoms with Crippen molar-refractivity contribution >= 4 is 23.0 Å². The van der Waals surface area contributed by atoms with Crippen LogP contribution in [0.5, 0.6) is 5.75 Å². The lowest BCUT2D eigenvalue weighted by Crippen LogP contribution is -2.11. The first-order valence-corrected chi connectivity index (χ1v) is 6.21. The van der Waals surface area contributed by atoms with E-state index in [2.05, 4.69) is 5.32 Å². The van der Waals surface area contributed by atoms with Gasteiger partial charge in [-0.2, -0.15) is 0 Å². The zero-order valence-corrected chi connectivity index (χ0v) is 11.6. The minimum atomic E-state index is -0.798. The van der Waals surface area contributed by atoms with E-state index in [1.165, 1.54) is 0 Å². The fourth-order valence-corrected chi connectivity index (χ4v) is 1.71. The number of nitro groups is 2. The molecule has 0 fully saturated rings. The molecule has 0 saturated heterocycles. The van der Waals surface area contributed by atoms with Crippen LogP contribution in [0, 0.1) is 20.2 Å². The Labute approximate surface area is 120 Å². The molecule has 0 aliphatic carbocycles.